The lowest BCUT2D eigenvalue weighted by molar-refractivity contribution is -0.114. The number of benzene rings is 2. The smallest absolute Gasteiger partial charge is 0.243 e. The third-order valence-corrected chi connectivity index (χ3v) is 3.42. The van der Waals surface area contributed by atoms with E-state index in [4.69, 9.17) is 11.6 Å². The number of hydrogen-bond acceptors (Lipinski definition) is 2. The number of anilines is 2. The second kappa shape index (κ2) is 6.77. The predicted molar refractivity (Wildman–Crippen MR) is 87.7 cm³/mol. The van der Waals surface area contributed by atoms with Gasteiger partial charge >= 0.3 is 0 Å². The van der Waals surface area contributed by atoms with E-state index in [-0.39, 0.29) is 12.5 Å². The quantitative estimate of drug-likeness (QED) is 0.780. The Bertz CT molecular complexity index is 589. The number of carbonyl (C=O) groups is 1. The highest BCUT2D eigenvalue weighted by atomic mass is 127. The fourth-order valence-corrected chi connectivity index (χ4v) is 2.30. The molecule has 3 nitrogen and oxygen atoms in total. The molecule has 0 aromatic heterocycles. The molecular formula is C14H12ClIN2O. The van der Waals surface area contributed by atoms with E-state index in [9.17, 15) is 4.79 Å². The van der Waals surface area contributed by atoms with Crippen LogP contribution in [0.3, 0.4) is 0 Å². The molecule has 2 rings (SSSR count). The van der Waals surface area contributed by atoms with Gasteiger partial charge < -0.3 is 10.6 Å². The van der Waals surface area contributed by atoms with Crippen molar-refractivity contribution < 1.29 is 4.79 Å². The van der Waals surface area contributed by atoms with Crippen LogP contribution in [0.1, 0.15) is 0 Å². The predicted octanol–water partition coefficient (Wildman–Crippen LogP) is 4.00. The van der Waals surface area contributed by atoms with Crippen molar-refractivity contribution in [3.05, 3.63) is 57.1 Å². The molecule has 2 N–H and O–H groups in total. The van der Waals surface area contributed by atoms with Gasteiger partial charge in [0.2, 0.25) is 5.91 Å². The van der Waals surface area contributed by atoms with Crippen LogP contribution in [0.5, 0.6) is 0 Å². The molecule has 0 spiro atoms. The lowest BCUT2D eigenvalue weighted by Crippen LogP contribution is -2.21. The summed E-state index contributed by atoms with van der Waals surface area (Å²) >= 11 is 8.20. The summed E-state index contributed by atoms with van der Waals surface area (Å²) in [4.78, 5) is 11.8. The van der Waals surface area contributed by atoms with E-state index in [0.29, 0.717) is 5.02 Å². The van der Waals surface area contributed by atoms with E-state index < -0.39 is 0 Å². The van der Waals surface area contributed by atoms with Gasteiger partial charge in [0.25, 0.3) is 0 Å². The molecule has 2 aromatic rings. The number of amides is 1. The molecule has 98 valence electrons. The van der Waals surface area contributed by atoms with Gasteiger partial charge in [-0.25, -0.2) is 0 Å². The van der Waals surface area contributed by atoms with Gasteiger partial charge in [-0.15, -0.1) is 0 Å². The number of hydrogen-bond donors (Lipinski definition) is 2. The fourth-order valence-electron chi connectivity index (χ4n) is 1.55. The van der Waals surface area contributed by atoms with Gasteiger partial charge in [-0.2, -0.15) is 0 Å². The summed E-state index contributed by atoms with van der Waals surface area (Å²) in [5.41, 5.74) is 1.54. The Labute approximate surface area is 130 Å². The van der Waals surface area contributed by atoms with Crippen molar-refractivity contribution >= 4 is 51.5 Å². The van der Waals surface area contributed by atoms with Crippen molar-refractivity contribution in [2.45, 2.75) is 0 Å². The first kappa shape index (κ1) is 14.1. The van der Waals surface area contributed by atoms with Crippen LogP contribution in [0.2, 0.25) is 5.02 Å². The summed E-state index contributed by atoms with van der Waals surface area (Å²) < 4.78 is 1.08. The van der Waals surface area contributed by atoms with Crippen LogP contribution < -0.4 is 10.6 Å². The third-order valence-electron chi connectivity index (χ3n) is 2.42. The van der Waals surface area contributed by atoms with Gasteiger partial charge in [0, 0.05) is 9.26 Å². The number of halogens is 2. The maximum Gasteiger partial charge on any atom is 0.243 e. The molecule has 0 aliphatic rings. The van der Waals surface area contributed by atoms with E-state index in [2.05, 4.69) is 33.2 Å². The van der Waals surface area contributed by atoms with Crippen molar-refractivity contribution in [1.82, 2.24) is 0 Å². The molecule has 0 heterocycles. The molecule has 0 aliphatic heterocycles. The maximum atomic E-state index is 11.8. The molecule has 0 fully saturated rings. The summed E-state index contributed by atoms with van der Waals surface area (Å²) in [6.07, 6.45) is 0. The zero-order valence-corrected chi connectivity index (χ0v) is 12.9. The first-order valence-corrected chi connectivity index (χ1v) is 7.14. The minimum Gasteiger partial charge on any atom is -0.375 e. The maximum absolute atomic E-state index is 11.8. The van der Waals surface area contributed by atoms with Gasteiger partial charge in [0.15, 0.2) is 0 Å². The SMILES string of the molecule is O=C(CNc1ccccc1Cl)Nc1cccc(I)c1. The summed E-state index contributed by atoms with van der Waals surface area (Å²) in [5, 5.41) is 6.43. The number of nitrogens with one attached hydrogen (secondary N) is 2. The van der Waals surface area contributed by atoms with Gasteiger partial charge in [0.1, 0.15) is 0 Å². The van der Waals surface area contributed by atoms with Crippen LogP contribution in [0.15, 0.2) is 48.5 Å². The molecular weight excluding hydrogens is 375 g/mol. The zero-order chi connectivity index (χ0) is 13.7. The highest BCUT2D eigenvalue weighted by Crippen LogP contribution is 2.20. The number of para-hydroxylation sites is 1. The second-order valence-corrected chi connectivity index (χ2v) is 5.54. The molecule has 19 heavy (non-hydrogen) atoms. The lowest BCUT2D eigenvalue weighted by Gasteiger charge is -2.09. The highest BCUT2D eigenvalue weighted by molar-refractivity contribution is 14.1. The highest BCUT2D eigenvalue weighted by Gasteiger charge is 2.04. The van der Waals surface area contributed by atoms with E-state index in [1.807, 2.05) is 42.5 Å². The van der Waals surface area contributed by atoms with Crippen molar-refractivity contribution in [2.24, 2.45) is 0 Å². The van der Waals surface area contributed by atoms with Crippen LogP contribution >= 0.6 is 34.2 Å². The zero-order valence-electron chi connectivity index (χ0n) is 9.99. The third kappa shape index (κ3) is 4.40. The first-order chi connectivity index (χ1) is 9.15. The normalized spacial score (nSPS) is 10.0. The fraction of sp³-hybridized carbons (Fsp3) is 0.0714. The lowest BCUT2D eigenvalue weighted by atomic mass is 10.3. The van der Waals surface area contributed by atoms with Gasteiger partial charge in [-0.1, -0.05) is 29.8 Å². The van der Waals surface area contributed by atoms with Gasteiger partial charge in [-0.05, 0) is 52.9 Å². The molecule has 0 aliphatic carbocycles. The van der Waals surface area contributed by atoms with Crippen LogP contribution in [0.4, 0.5) is 11.4 Å². The Balaban J connectivity index is 1.90. The molecule has 0 unspecified atom stereocenters. The van der Waals surface area contributed by atoms with Gasteiger partial charge in [0.05, 0.1) is 17.3 Å². The summed E-state index contributed by atoms with van der Waals surface area (Å²) in [6.45, 7) is 0.176. The van der Waals surface area contributed by atoms with Crippen molar-refractivity contribution in [1.29, 1.82) is 0 Å². The topological polar surface area (TPSA) is 41.1 Å². The average Bonchev–Trinajstić information content (AvgIpc) is 2.38. The molecule has 5 heteroatoms. The molecule has 0 bridgehead atoms. The van der Waals surface area contributed by atoms with E-state index in [1.165, 1.54) is 0 Å². The molecule has 0 atom stereocenters. The monoisotopic (exact) mass is 386 g/mol. The van der Waals surface area contributed by atoms with Crippen LogP contribution in [-0.2, 0) is 4.79 Å². The Hall–Kier alpha value is -1.27. The van der Waals surface area contributed by atoms with E-state index in [1.54, 1.807) is 6.07 Å². The largest absolute Gasteiger partial charge is 0.375 e. The standard InChI is InChI=1S/C14H12ClIN2O/c15-12-6-1-2-7-13(12)17-9-14(19)18-11-5-3-4-10(16)8-11/h1-8,17H,9H2,(H,18,19). The van der Waals surface area contributed by atoms with Crippen molar-refractivity contribution in [3.63, 3.8) is 0 Å². The molecule has 0 saturated carbocycles. The van der Waals surface area contributed by atoms with Crippen molar-refractivity contribution in [2.75, 3.05) is 17.2 Å². The average molecular weight is 387 g/mol. The Morgan fingerprint density at radius 1 is 1.16 bits per heavy atom. The number of rotatable bonds is 4. The number of carbonyl (C=O) groups excluding carboxylic acids is 1. The summed E-state index contributed by atoms with van der Waals surface area (Å²) in [6, 6.07) is 15.0. The van der Waals surface area contributed by atoms with E-state index >= 15 is 0 Å². The molecule has 2 aromatic carbocycles. The summed E-state index contributed by atoms with van der Waals surface area (Å²) in [7, 11) is 0. The molecule has 0 saturated heterocycles. The van der Waals surface area contributed by atoms with Gasteiger partial charge in [-0.3, -0.25) is 4.79 Å². The van der Waals surface area contributed by atoms with Crippen molar-refractivity contribution in [3.8, 4) is 0 Å². The van der Waals surface area contributed by atoms with Crippen LogP contribution in [-0.4, -0.2) is 12.5 Å². The molecule has 0 radical (unpaired) electrons. The van der Waals surface area contributed by atoms with Crippen LogP contribution in [0.25, 0.3) is 0 Å². The van der Waals surface area contributed by atoms with E-state index in [0.717, 1.165) is 14.9 Å². The molecule has 1 amide bonds. The Morgan fingerprint density at radius 2 is 1.95 bits per heavy atom. The Kier molecular flexibility index (Phi) is 5.04. The minimum absolute atomic E-state index is 0.109. The van der Waals surface area contributed by atoms with Crippen LogP contribution in [0, 0.1) is 3.57 Å². The summed E-state index contributed by atoms with van der Waals surface area (Å²) in [5.74, 6) is -0.109. The first-order valence-electron chi connectivity index (χ1n) is 5.69. The Morgan fingerprint density at radius 3 is 2.68 bits per heavy atom. The second-order valence-electron chi connectivity index (χ2n) is 3.89. The minimum atomic E-state index is -0.109.